The fraction of sp³-hybridized carbons (Fsp3) is 0.789. The van der Waals surface area contributed by atoms with Crippen molar-refractivity contribution in [3.63, 3.8) is 0 Å². The van der Waals surface area contributed by atoms with Gasteiger partial charge in [0.2, 0.25) is 0 Å². The number of carbonyl (C=O) groups is 1. The monoisotopic (exact) mass is 351 g/mol. The molecule has 0 aromatic carbocycles. The van der Waals surface area contributed by atoms with Crippen LogP contribution >= 0.6 is 0 Å². The molecule has 3 heterocycles. The third kappa shape index (κ3) is 4.23. The van der Waals surface area contributed by atoms with Crippen molar-refractivity contribution >= 4 is 5.91 Å². The van der Waals surface area contributed by atoms with Gasteiger partial charge >= 0.3 is 0 Å². The lowest BCUT2D eigenvalue weighted by molar-refractivity contribution is 0.0151. The number of amides is 1. The van der Waals surface area contributed by atoms with E-state index >= 15 is 0 Å². The standard InChI is InChI=1S/C17H27N3O3.C2H6/c1-3-13-15-14(20(19-13)9-12(2)10-21)8-17(11-18-16(15)22)4-6-23-7-5-17;1-2/h12,21H,3-11H2,1-2H3,(H,18,22);1-2H3/t12-;/m1./s1. The number of aromatic nitrogens is 2. The Labute approximate surface area is 150 Å². The molecule has 1 atom stereocenters. The van der Waals surface area contributed by atoms with Gasteiger partial charge in [-0.3, -0.25) is 9.48 Å². The normalized spacial score (nSPS) is 20.1. The molecule has 2 N–H and O–H groups in total. The van der Waals surface area contributed by atoms with Gasteiger partial charge in [0.15, 0.2) is 0 Å². The van der Waals surface area contributed by atoms with Crippen molar-refractivity contribution in [3.8, 4) is 0 Å². The summed E-state index contributed by atoms with van der Waals surface area (Å²) in [6, 6.07) is 0. The second-order valence-corrected chi connectivity index (χ2v) is 7.06. The molecule has 6 heteroatoms. The van der Waals surface area contributed by atoms with Crippen LogP contribution < -0.4 is 5.32 Å². The number of nitrogens with zero attached hydrogens (tertiary/aromatic N) is 2. The van der Waals surface area contributed by atoms with Crippen LogP contribution in [0.15, 0.2) is 0 Å². The molecule has 2 aliphatic heterocycles. The highest BCUT2D eigenvalue weighted by Gasteiger charge is 2.39. The average molecular weight is 351 g/mol. The SMILES string of the molecule is CC.CCc1nn(C[C@@H](C)CO)c2c1C(=O)NCC1(CCOCC1)C2. The predicted molar refractivity (Wildman–Crippen MR) is 97.7 cm³/mol. The Hall–Kier alpha value is -1.40. The molecule has 6 nitrogen and oxygen atoms in total. The lowest BCUT2D eigenvalue weighted by atomic mass is 9.76. The van der Waals surface area contributed by atoms with Gasteiger partial charge in [0, 0.05) is 32.9 Å². The van der Waals surface area contributed by atoms with E-state index in [4.69, 9.17) is 4.74 Å². The number of nitrogens with one attached hydrogen (secondary N) is 1. The van der Waals surface area contributed by atoms with E-state index < -0.39 is 0 Å². The second kappa shape index (κ2) is 8.81. The van der Waals surface area contributed by atoms with E-state index in [9.17, 15) is 9.90 Å². The van der Waals surface area contributed by atoms with E-state index in [1.54, 1.807) is 0 Å². The molecule has 1 amide bonds. The molecule has 1 saturated heterocycles. The van der Waals surface area contributed by atoms with Crippen molar-refractivity contribution in [1.29, 1.82) is 0 Å². The number of hydrogen-bond donors (Lipinski definition) is 2. The molecule has 2 aliphatic rings. The van der Waals surface area contributed by atoms with Crippen LogP contribution in [0, 0.1) is 11.3 Å². The van der Waals surface area contributed by atoms with Crippen molar-refractivity contribution in [3.05, 3.63) is 17.0 Å². The maximum Gasteiger partial charge on any atom is 0.255 e. The van der Waals surface area contributed by atoms with Crippen molar-refractivity contribution in [2.24, 2.45) is 11.3 Å². The van der Waals surface area contributed by atoms with Crippen LogP contribution in [0.2, 0.25) is 0 Å². The minimum atomic E-state index is 0.00289. The Kier molecular flexibility index (Phi) is 7.02. The lowest BCUT2D eigenvalue weighted by Crippen LogP contribution is -2.40. The van der Waals surface area contributed by atoms with Gasteiger partial charge in [-0.15, -0.1) is 0 Å². The summed E-state index contributed by atoms with van der Waals surface area (Å²) in [7, 11) is 0. The van der Waals surface area contributed by atoms with Gasteiger partial charge in [0.05, 0.1) is 17.0 Å². The zero-order valence-corrected chi connectivity index (χ0v) is 16.1. The fourth-order valence-corrected chi connectivity index (χ4v) is 3.68. The van der Waals surface area contributed by atoms with E-state index in [0.717, 1.165) is 55.8 Å². The summed E-state index contributed by atoms with van der Waals surface area (Å²) in [5, 5.41) is 17.2. The van der Waals surface area contributed by atoms with Crippen LogP contribution in [0.5, 0.6) is 0 Å². The number of aliphatic hydroxyl groups excluding tert-OH is 1. The van der Waals surface area contributed by atoms with Gasteiger partial charge in [0.25, 0.3) is 5.91 Å². The smallest absolute Gasteiger partial charge is 0.255 e. The van der Waals surface area contributed by atoms with Crippen molar-refractivity contribution in [2.45, 2.75) is 59.9 Å². The quantitative estimate of drug-likeness (QED) is 0.872. The zero-order chi connectivity index (χ0) is 18.4. The molecule has 1 spiro atoms. The van der Waals surface area contributed by atoms with Crippen LogP contribution in [0.4, 0.5) is 0 Å². The summed E-state index contributed by atoms with van der Waals surface area (Å²) in [5.41, 5.74) is 2.75. The first-order chi connectivity index (χ1) is 12.1. The number of aliphatic hydroxyl groups is 1. The van der Waals surface area contributed by atoms with E-state index in [-0.39, 0.29) is 23.8 Å². The van der Waals surface area contributed by atoms with Gasteiger partial charge in [-0.05, 0) is 37.0 Å². The highest BCUT2D eigenvalue weighted by atomic mass is 16.5. The Morgan fingerprint density at radius 3 is 2.64 bits per heavy atom. The molecule has 0 aliphatic carbocycles. The van der Waals surface area contributed by atoms with Crippen LogP contribution in [-0.2, 0) is 24.1 Å². The topological polar surface area (TPSA) is 76.4 Å². The number of hydrogen-bond acceptors (Lipinski definition) is 4. The minimum Gasteiger partial charge on any atom is -0.396 e. The van der Waals surface area contributed by atoms with Gasteiger partial charge in [-0.2, -0.15) is 5.10 Å². The molecule has 0 saturated carbocycles. The van der Waals surface area contributed by atoms with Crippen LogP contribution in [0.3, 0.4) is 0 Å². The number of aryl methyl sites for hydroxylation is 1. The fourth-order valence-electron chi connectivity index (χ4n) is 3.68. The number of carbonyl (C=O) groups excluding carboxylic acids is 1. The molecule has 0 radical (unpaired) electrons. The predicted octanol–water partition coefficient (Wildman–Crippen LogP) is 2.18. The van der Waals surface area contributed by atoms with Crippen LogP contribution in [0.25, 0.3) is 0 Å². The highest BCUT2D eigenvalue weighted by molar-refractivity contribution is 5.97. The maximum atomic E-state index is 12.6. The summed E-state index contributed by atoms with van der Waals surface area (Å²) in [5.74, 6) is 0.128. The van der Waals surface area contributed by atoms with E-state index in [1.165, 1.54) is 0 Å². The Morgan fingerprint density at radius 2 is 2.04 bits per heavy atom. The summed E-state index contributed by atoms with van der Waals surface area (Å²) in [6.45, 7) is 11.0. The van der Waals surface area contributed by atoms with Crippen LogP contribution in [0.1, 0.15) is 62.3 Å². The molecule has 1 aromatic rings. The first kappa shape index (κ1) is 19.9. The molecule has 1 fully saturated rings. The third-order valence-electron chi connectivity index (χ3n) is 5.21. The third-order valence-corrected chi connectivity index (χ3v) is 5.21. The molecule has 0 bridgehead atoms. The molecule has 1 aromatic heterocycles. The molecule has 25 heavy (non-hydrogen) atoms. The van der Waals surface area contributed by atoms with E-state index in [2.05, 4.69) is 10.4 Å². The highest BCUT2D eigenvalue weighted by Crippen LogP contribution is 2.37. The number of ether oxygens (including phenoxy) is 1. The minimum absolute atomic E-state index is 0.00289. The Morgan fingerprint density at radius 1 is 1.36 bits per heavy atom. The van der Waals surface area contributed by atoms with Gasteiger partial charge in [-0.25, -0.2) is 0 Å². The molecule has 3 rings (SSSR count). The van der Waals surface area contributed by atoms with E-state index in [1.807, 2.05) is 32.4 Å². The average Bonchev–Trinajstić information content (AvgIpc) is 2.92. The summed E-state index contributed by atoms with van der Waals surface area (Å²) < 4.78 is 7.49. The van der Waals surface area contributed by atoms with Crippen molar-refractivity contribution in [1.82, 2.24) is 15.1 Å². The maximum absolute atomic E-state index is 12.6. The van der Waals surface area contributed by atoms with Crippen molar-refractivity contribution < 1.29 is 14.6 Å². The van der Waals surface area contributed by atoms with Gasteiger partial charge in [-0.1, -0.05) is 27.7 Å². The second-order valence-electron chi connectivity index (χ2n) is 7.06. The summed E-state index contributed by atoms with van der Waals surface area (Å²) in [4.78, 5) is 12.6. The van der Waals surface area contributed by atoms with Gasteiger partial charge in [0.1, 0.15) is 0 Å². The first-order valence-corrected chi connectivity index (χ1v) is 9.64. The Bertz CT molecular complexity index is 577. The van der Waals surface area contributed by atoms with E-state index in [0.29, 0.717) is 13.1 Å². The Balaban J connectivity index is 0.00000109. The largest absolute Gasteiger partial charge is 0.396 e. The summed E-state index contributed by atoms with van der Waals surface area (Å²) >= 11 is 0. The van der Waals surface area contributed by atoms with Crippen LogP contribution in [-0.4, -0.2) is 47.2 Å². The summed E-state index contributed by atoms with van der Waals surface area (Å²) in [6.07, 6.45) is 3.53. The zero-order valence-electron chi connectivity index (χ0n) is 16.1. The molecular formula is C19H33N3O3. The molecule has 0 unspecified atom stereocenters. The lowest BCUT2D eigenvalue weighted by Gasteiger charge is -2.36. The number of fused-ring (bicyclic) bond motifs is 1. The molecular weight excluding hydrogens is 318 g/mol. The number of rotatable bonds is 4. The molecule has 142 valence electrons. The van der Waals surface area contributed by atoms with Crippen molar-refractivity contribution in [2.75, 3.05) is 26.4 Å². The van der Waals surface area contributed by atoms with Gasteiger partial charge < -0.3 is 15.2 Å². The first-order valence-electron chi connectivity index (χ1n) is 9.64.